The van der Waals surface area contributed by atoms with Crippen LogP contribution >= 0.6 is 11.3 Å². The fraction of sp³-hybridized carbons (Fsp3) is 0. The number of hydrogen-bond acceptors (Lipinski definition) is 7. The summed E-state index contributed by atoms with van der Waals surface area (Å²) in [7, 11) is 0. The van der Waals surface area contributed by atoms with Crippen molar-refractivity contribution < 1.29 is 14.1 Å². The molecule has 0 radical (unpaired) electrons. The van der Waals surface area contributed by atoms with Crippen molar-refractivity contribution in [2.45, 2.75) is 0 Å². The van der Waals surface area contributed by atoms with E-state index in [0.717, 1.165) is 5.56 Å². The quantitative estimate of drug-likeness (QED) is 0.317. The van der Waals surface area contributed by atoms with Gasteiger partial charge in [0.1, 0.15) is 11.1 Å². The number of nitrogens with one attached hydrogen (secondary N) is 1. The summed E-state index contributed by atoms with van der Waals surface area (Å²) >= 11 is 1.22. The molecule has 0 saturated heterocycles. The molecule has 0 aliphatic rings. The van der Waals surface area contributed by atoms with Gasteiger partial charge in [-0.3, -0.25) is 20.2 Å². The molecule has 138 valence electrons. The number of nitrogens with zero attached hydrogens (tertiary/aromatic N) is 2. The lowest BCUT2D eigenvalue weighted by Crippen LogP contribution is -2.20. The molecule has 8 nitrogen and oxygen atoms in total. The Morgan fingerprint density at radius 2 is 1.93 bits per heavy atom. The zero-order valence-corrected chi connectivity index (χ0v) is 14.9. The van der Waals surface area contributed by atoms with Gasteiger partial charge in [-0.05, 0) is 12.1 Å². The topological polar surface area (TPSA) is 115 Å². The summed E-state index contributed by atoms with van der Waals surface area (Å²) in [5.41, 5.74) is 0.495. The van der Waals surface area contributed by atoms with Crippen molar-refractivity contribution in [1.29, 1.82) is 0 Å². The minimum absolute atomic E-state index is 0.160. The monoisotopic (exact) mass is 393 g/mol. The number of carbonyl (C=O) groups excluding carboxylic acids is 1. The number of aromatic nitrogens is 1. The molecule has 0 aliphatic heterocycles. The lowest BCUT2D eigenvalue weighted by atomic mass is 10.1. The number of anilines is 1. The maximum absolute atomic E-state index is 12.5. The zero-order valence-electron chi connectivity index (χ0n) is 14.1. The Morgan fingerprint density at radius 3 is 2.68 bits per heavy atom. The number of hydrogen-bond donors (Lipinski definition) is 1. The van der Waals surface area contributed by atoms with E-state index in [1.165, 1.54) is 35.6 Å². The van der Waals surface area contributed by atoms with Gasteiger partial charge in [0.05, 0.1) is 10.6 Å². The standard InChI is InChI=1S/C19H11N3O5S/c23-17(21-19-20-15(10-28-19)11-4-2-1-3-5-11)14-9-12-8-13(22(25)26)6-7-16(12)27-18(14)24/h1-10H,(H,20,21,23). The van der Waals surface area contributed by atoms with Crippen LogP contribution in [0.25, 0.3) is 22.2 Å². The number of nitro groups is 1. The molecule has 2 aromatic heterocycles. The minimum atomic E-state index is -0.835. The van der Waals surface area contributed by atoms with Crippen LogP contribution in [0.1, 0.15) is 10.4 Å². The molecule has 2 heterocycles. The van der Waals surface area contributed by atoms with Gasteiger partial charge in [0.2, 0.25) is 0 Å². The third kappa shape index (κ3) is 3.38. The normalized spacial score (nSPS) is 10.7. The average Bonchev–Trinajstić information content (AvgIpc) is 3.16. The van der Waals surface area contributed by atoms with Crippen molar-refractivity contribution >= 4 is 39.0 Å². The first kappa shape index (κ1) is 17.6. The van der Waals surface area contributed by atoms with Crippen LogP contribution in [0.15, 0.2) is 69.2 Å². The van der Waals surface area contributed by atoms with Crippen molar-refractivity contribution in [3.63, 3.8) is 0 Å². The Morgan fingerprint density at radius 1 is 1.14 bits per heavy atom. The molecule has 4 aromatic rings. The van der Waals surface area contributed by atoms with Crippen molar-refractivity contribution in [2.24, 2.45) is 0 Å². The van der Waals surface area contributed by atoms with Gasteiger partial charge in [-0.15, -0.1) is 11.3 Å². The molecule has 1 N–H and O–H groups in total. The van der Waals surface area contributed by atoms with E-state index < -0.39 is 16.5 Å². The predicted octanol–water partition coefficient (Wildman–Crippen LogP) is 4.08. The van der Waals surface area contributed by atoms with Gasteiger partial charge in [-0.2, -0.15) is 0 Å². The van der Waals surface area contributed by atoms with Gasteiger partial charge >= 0.3 is 5.63 Å². The Balaban J connectivity index is 1.63. The fourth-order valence-corrected chi connectivity index (χ4v) is 3.33. The van der Waals surface area contributed by atoms with Gasteiger partial charge in [0.15, 0.2) is 5.13 Å². The average molecular weight is 393 g/mol. The Hall–Kier alpha value is -3.85. The number of rotatable bonds is 4. The zero-order chi connectivity index (χ0) is 19.7. The molecule has 9 heteroatoms. The molecule has 0 unspecified atom stereocenters. The Bertz CT molecular complexity index is 1260. The summed E-state index contributed by atoms with van der Waals surface area (Å²) in [6.45, 7) is 0. The highest BCUT2D eigenvalue weighted by Gasteiger charge is 2.17. The van der Waals surface area contributed by atoms with Crippen molar-refractivity contribution in [1.82, 2.24) is 4.98 Å². The predicted molar refractivity (Wildman–Crippen MR) is 105 cm³/mol. The highest BCUT2D eigenvalue weighted by molar-refractivity contribution is 7.14. The summed E-state index contributed by atoms with van der Waals surface area (Å²) in [4.78, 5) is 39.3. The van der Waals surface area contributed by atoms with E-state index in [4.69, 9.17) is 4.42 Å². The number of amides is 1. The molecule has 0 fully saturated rings. The number of benzene rings is 2. The molecular formula is C19H11N3O5S. The van der Waals surface area contributed by atoms with Gasteiger partial charge in [-0.1, -0.05) is 30.3 Å². The second kappa shape index (κ2) is 7.05. The second-order valence-corrected chi connectivity index (χ2v) is 6.64. The largest absolute Gasteiger partial charge is 0.422 e. The van der Waals surface area contributed by atoms with Crippen LogP contribution in [0, 0.1) is 10.1 Å². The van der Waals surface area contributed by atoms with E-state index in [9.17, 15) is 19.7 Å². The number of fused-ring (bicyclic) bond motifs is 1. The van der Waals surface area contributed by atoms with Gasteiger partial charge in [0.25, 0.3) is 11.6 Å². The number of nitro benzene ring substituents is 1. The summed E-state index contributed by atoms with van der Waals surface area (Å²) in [5.74, 6) is -0.698. The minimum Gasteiger partial charge on any atom is -0.422 e. The maximum atomic E-state index is 12.5. The fourth-order valence-electron chi connectivity index (χ4n) is 2.62. The van der Waals surface area contributed by atoms with Crippen molar-refractivity contribution in [2.75, 3.05) is 5.32 Å². The molecular weight excluding hydrogens is 382 g/mol. The first-order valence-corrected chi connectivity index (χ1v) is 8.94. The molecule has 4 rings (SSSR count). The van der Waals surface area contributed by atoms with Crippen LogP contribution in [0.3, 0.4) is 0 Å². The summed E-state index contributed by atoms with van der Waals surface area (Å²) in [6.07, 6.45) is 0. The lowest BCUT2D eigenvalue weighted by molar-refractivity contribution is -0.384. The van der Waals surface area contributed by atoms with E-state index in [1.807, 2.05) is 30.3 Å². The number of carbonyl (C=O) groups is 1. The van der Waals surface area contributed by atoms with Crippen molar-refractivity contribution in [3.8, 4) is 11.3 Å². The van der Waals surface area contributed by atoms with Gasteiger partial charge in [0, 0.05) is 28.5 Å². The maximum Gasteiger partial charge on any atom is 0.349 e. The van der Waals surface area contributed by atoms with Crippen molar-refractivity contribution in [3.05, 3.63) is 86.1 Å². The molecule has 0 atom stereocenters. The lowest BCUT2D eigenvalue weighted by Gasteiger charge is -2.02. The second-order valence-electron chi connectivity index (χ2n) is 5.78. The molecule has 28 heavy (non-hydrogen) atoms. The number of thiazole rings is 1. The van der Waals surface area contributed by atoms with Crippen LogP contribution in [0.5, 0.6) is 0 Å². The van der Waals surface area contributed by atoms with E-state index in [1.54, 1.807) is 5.38 Å². The van der Waals surface area contributed by atoms with Crippen LogP contribution in [-0.4, -0.2) is 15.8 Å². The molecule has 1 amide bonds. The SMILES string of the molecule is O=C(Nc1nc(-c2ccccc2)cs1)c1cc2cc([N+](=O)[O-])ccc2oc1=O. The van der Waals surface area contributed by atoms with Gasteiger partial charge < -0.3 is 4.42 Å². The van der Waals surface area contributed by atoms with Crippen LogP contribution in [0.4, 0.5) is 10.8 Å². The van der Waals surface area contributed by atoms with Crippen LogP contribution in [0.2, 0.25) is 0 Å². The molecule has 0 bridgehead atoms. The number of non-ortho nitro benzene ring substituents is 1. The third-order valence-electron chi connectivity index (χ3n) is 3.97. The first-order chi connectivity index (χ1) is 13.5. The van der Waals surface area contributed by atoms with Crippen LogP contribution in [-0.2, 0) is 0 Å². The van der Waals surface area contributed by atoms with E-state index in [0.29, 0.717) is 10.8 Å². The molecule has 0 saturated carbocycles. The summed E-state index contributed by atoms with van der Waals surface area (Å²) in [5, 5.41) is 15.9. The van der Waals surface area contributed by atoms with Crippen LogP contribution < -0.4 is 10.9 Å². The summed E-state index contributed by atoms with van der Waals surface area (Å²) in [6, 6.07) is 14.5. The van der Waals surface area contributed by atoms with E-state index in [-0.39, 0.29) is 22.2 Å². The molecule has 0 aliphatic carbocycles. The van der Waals surface area contributed by atoms with Gasteiger partial charge in [-0.25, -0.2) is 9.78 Å². The highest BCUT2D eigenvalue weighted by atomic mass is 32.1. The third-order valence-corrected chi connectivity index (χ3v) is 4.72. The smallest absolute Gasteiger partial charge is 0.349 e. The van der Waals surface area contributed by atoms with E-state index in [2.05, 4.69) is 10.3 Å². The molecule has 0 spiro atoms. The molecule has 2 aromatic carbocycles. The summed E-state index contributed by atoms with van der Waals surface area (Å²) < 4.78 is 5.10. The Kier molecular flexibility index (Phi) is 4.42. The Labute approximate surface area is 161 Å². The van der Waals surface area contributed by atoms with E-state index >= 15 is 0 Å². The first-order valence-electron chi connectivity index (χ1n) is 8.06. The highest BCUT2D eigenvalue weighted by Crippen LogP contribution is 2.25.